The zero-order valence-corrected chi connectivity index (χ0v) is 15.4. The van der Waals surface area contributed by atoms with Gasteiger partial charge in [0.1, 0.15) is 0 Å². The maximum atomic E-state index is 4.42. The van der Waals surface area contributed by atoms with Crippen molar-refractivity contribution < 1.29 is 0 Å². The summed E-state index contributed by atoms with van der Waals surface area (Å²) in [7, 11) is 0. The molecule has 2 heteroatoms. The van der Waals surface area contributed by atoms with E-state index in [0.29, 0.717) is 11.3 Å². The average Bonchev–Trinajstić information content (AvgIpc) is 2.92. The van der Waals surface area contributed by atoms with E-state index < -0.39 is 0 Å². The molecular weight excluding hydrogens is 280 g/mol. The molecule has 0 aliphatic heterocycles. The SMILES string of the molecule is CC(C)(C)C1CCc2ncccc21.CC(C)(C)c1cccnc1. The smallest absolute Gasteiger partial charge is 0.0438 e. The lowest BCUT2D eigenvalue weighted by molar-refractivity contribution is 0.319. The highest BCUT2D eigenvalue weighted by molar-refractivity contribution is 5.30. The third-order valence-electron chi connectivity index (χ3n) is 4.54. The van der Waals surface area contributed by atoms with Crippen LogP contribution in [0.2, 0.25) is 0 Å². The maximum Gasteiger partial charge on any atom is 0.0438 e. The normalized spacial score (nSPS) is 17.2. The summed E-state index contributed by atoms with van der Waals surface area (Å²) in [5.74, 6) is 0.705. The van der Waals surface area contributed by atoms with Crippen LogP contribution in [0.4, 0.5) is 0 Å². The van der Waals surface area contributed by atoms with Gasteiger partial charge in [0.25, 0.3) is 0 Å². The first-order valence-electron chi connectivity index (χ1n) is 8.54. The third-order valence-corrected chi connectivity index (χ3v) is 4.54. The highest BCUT2D eigenvalue weighted by Gasteiger charge is 2.32. The summed E-state index contributed by atoms with van der Waals surface area (Å²) >= 11 is 0. The molecule has 0 radical (unpaired) electrons. The molecule has 3 rings (SSSR count). The molecule has 0 spiro atoms. The van der Waals surface area contributed by atoms with Gasteiger partial charge < -0.3 is 0 Å². The molecule has 0 saturated carbocycles. The van der Waals surface area contributed by atoms with Crippen molar-refractivity contribution in [3.05, 3.63) is 59.7 Å². The maximum absolute atomic E-state index is 4.42. The molecule has 1 atom stereocenters. The predicted octanol–water partition coefficient (Wildman–Crippen LogP) is 5.54. The predicted molar refractivity (Wildman–Crippen MR) is 97.7 cm³/mol. The van der Waals surface area contributed by atoms with E-state index >= 15 is 0 Å². The van der Waals surface area contributed by atoms with E-state index in [0.717, 1.165) is 6.42 Å². The average molecular weight is 310 g/mol. The number of nitrogens with zero attached hydrogens (tertiary/aromatic N) is 2. The molecule has 2 aromatic rings. The molecule has 23 heavy (non-hydrogen) atoms. The Morgan fingerprint density at radius 2 is 1.65 bits per heavy atom. The van der Waals surface area contributed by atoms with Gasteiger partial charge in [0.05, 0.1) is 0 Å². The molecule has 0 bridgehead atoms. The Hall–Kier alpha value is -1.70. The van der Waals surface area contributed by atoms with Crippen molar-refractivity contribution in [2.75, 3.05) is 0 Å². The van der Waals surface area contributed by atoms with Crippen LogP contribution in [0.5, 0.6) is 0 Å². The van der Waals surface area contributed by atoms with Crippen LogP contribution in [-0.2, 0) is 11.8 Å². The molecule has 2 nitrogen and oxygen atoms in total. The Kier molecular flexibility index (Phi) is 5.23. The van der Waals surface area contributed by atoms with E-state index in [9.17, 15) is 0 Å². The van der Waals surface area contributed by atoms with E-state index in [-0.39, 0.29) is 5.41 Å². The molecular formula is C21H30N2. The zero-order valence-electron chi connectivity index (χ0n) is 15.4. The van der Waals surface area contributed by atoms with Crippen LogP contribution in [0.25, 0.3) is 0 Å². The lowest BCUT2D eigenvalue weighted by Crippen LogP contribution is -2.15. The van der Waals surface area contributed by atoms with Crippen LogP contribution >= 0.6 is 0 Å². The fourth-order valence-electron chi connectivity index (χ4n) is 3.12. The summed E-state index contributed by atoms with van der Waals surface area (Å²) in [6.45, 7) is 13.5. The van der Waals surface area contributed by atoms with E-state index in [1.807, 2.05) is 18.5 Å². The molecule has 124 valence electrons. The molecule has 2 heterocycles. The van der Waals surface area contributed by atoms with Gasteiger partial charge in [-0.2, -0.15) is 0 Å². The largest absolute Gasteiger partial charge is 0.264 e. The van der Waals surface area contributed by atoms with Crippen LogP contribution in [0, 0.1) is 5.41 Å². The van der Waals surface area contributed by atoms with E-state index in [1.54, 1.807) is 6.20 Å². The topological polar surface area (TPSA) is 25.8 Å². The van der Waals surface area contributed by atoms with Crippen LogP contribution in [0.15, 0.2) is 42.9 Å². The number of pyridine rings is 2. The van der Waals surface area contributed by atoms with Crippen molar-refractivity contribution in [1.29, 1.82) is 0 Å². The lowest BCUT2D eigenvalue weighted by Gasteiger charge is -2.27. The molecule has 1 aliphatic carbocycles. The number of aryl methyl sites for hydroxylation is 1. The van der Waals surface area contributed by atoms with Crippen molar-refractivity contribution in [2.45, 2.75) is 65.7 Å². The zero-order chi connectivity index (χ0) is 17.1. The Balaban J connectivity index is 0.000000174. The van der Waals surface area contributed by atoms with Gasteiger partial charge in [0.2, 0.25) is 0 Å². The van der Waals surface area contributed by atoms with Gasteiger partial charge in [0, 0.05) is 24.3 Å². The Labute approximate surface area is 141 Å². The first kappa shape index (κ1) is 17.7. The molecule has 2 aromatic heterocycles. The fourth-order valence-corrected chi connectivity index (χ4v) is 3.12. The minimum atomic E-state index is 0.230. The first-order valence-corrected chi connectivity index (χ1v) is 8.54. The van der Waals surface area contributed by atoms with E-state index in [2.05, 4.69) is 69.7 Å². The summed E-state index contributed by atoms with van der Waals surface area (Å²) in [4.78, 5) is 8.47. The summed E-state index contributed by atoms with van der Waals surface area (Å²) in [6, 6.07) is 8.38. The first-order chi connectivity index (χ1) is 10.7. The summed E-state index contributed by atoms with van der Waals surface area (Å²) < 4.78 is 0. The van der Waals surface area contributed by atoms with Gasteiger partial charge in [-0.1, -0.05) is 53.7 Å². The molecule has 0 amide bonds. The second kappa shape index (κ2) is 6.82. The minimum Gasteiger partial charge on any atom is -0.264 e. The highest BCUT2D eigenvalue weighted by atomic mass is 14.7. The number of rotatable bonds is 0. The Bertz CT molecular complexity index is 618. The molecule has 0 fully saturated rings. The van der Waals surface area contributed by atoms with Gasteiger partial charge in [-0.3, -0.25) is 9.97 Å². The summed E-state index contributed by atoms with van der Waals surface area (Å²) in [5, 5.41) is 0. The Morgan fingerprint density at radius 3 is 2.17 bits per heavy atom. The lowest BCUT2D eigenvalue weighted by atomic mass is 9.78. The van der Waals surface area contributed by atoms with Crippen LogP contribution in [0.3, 0.4) is 0 Å². The number of hydrogen-bond acceptors (Lipinski definition) is 2. The molecule has 1 aliphatic rings. The molecule has 0 saturated heterocycles. The number of aromatic nitrogens is 2. The van der Waals surface area contributed by atoms with Crippen molar-refractivity contribution in [1.82, 2.24) is 9.97 Å². The van der Waals surface area contributed by atoms with Gasteiger partial charge in [-0.25, -0.2) is 0 Å². The van der Waals surface area contributed by atoms with Crippen LogP contribution < -0.4 is 0 Å². The van der Waals surface area contributed by atoms with Gasteiger partial charge in [0.15, 0.2) is 0 Å². The van der Waals surface area contributed by atoms with Gasteiger partial charge in [-0.15, -0.1) is 0 Å². The Morgan fingerprint density at radius 1 is 0.957 bits per heavy atom. The van der Waals surface area contributed by atoms with E-state index in [4.69, 9.17) is 0 Å². The van der Waals surface area contributed by atoms with Gasteiger partial charge >= 0.3 is 0 Å². The van der Waals surface area contributed by atoms with Crippen molar-refractivity contribution >= 4 is 0 Å². The highest BCUT2D eigenvalue weighted by Crippen LogP contribution is 2.43. The minimum absolute atomic E-state index is 0.230. The molecule has 0 N–H and O–H groups in total. The second-order valence-corrected chi connectivity index (χ2v) is 8.49. The van der Waals surface area contributed by atoms with Crippen molar-refractivity contribution in [3.8, 4) is 0 Å². The number of hydrogen-bond donors (Lipinski definition) is 0. The van der Waals surface area contributed by atoms with Crippen LogP contribution in [-0.4, -0.2) is 9.97 Å². The molecule has 0 aromatic carbocycles. The molecule has 1 unspecified atom stereocenters. The number of fused-ring (bicyclic) bond motifs is 1. The standard InChI is InChI=1S/C12H17N.C9H13N/c1-12(2,3)10-6-7-11-9(10)5-4-8-13-11;1-9(2,3)8-5-4-6-10-7-8/h4-5,8,10H,6-7H2,1-3H3;4-7H,1-3H3. The van der Waals surface area contributed by atoms with Gasteiger partial charge in [-0.05, 0) is 52.8 Å². The quantitative estimate of drug-likeness (QED) is 0.638. The van der Waals surface area contributed by atoms with Crippen molar-refractivity contribution in [3.63, 3.8) is 0 Å². The van der Waals surface area contributed by atoms with Crippen molar-refractivity contribution in [2.24, 2.45) is 5.41 Å². The summed E-state index contributed by atoms with van der Waals surface area (Å²) in [6.07, 6.45) is 8.06. The summed E-state index contributed by atoms with van der Waals surface area (Å²) in [5.41, 5.74) is 4.70. The second-order valence-electron chi connectivity index (χ2n) is 8.49. The van der Waals surface area contributed by atoms with Crippen LogP contribution in [0.1, 0.15) is 70.7 Å². The monoisotopic (exact) mass is 310 g/mol. The fraction of sp³-hybridized carbons (Fsp3) is 0.524. The third kappa shape index (κ3) is 4.63. The van der Waals surface area contributed by atoms with E-state index in [1.165, 1.54) is 23.2 Å².